The smallest absolute Gasteiger partial charge is 0.748 e. The summed E-state index contributed by atoms with van der Waals surface area (Å²) in [5, 5.41) is 12.9. The van der Waals surface area contributed by atoms with Gasteiger partial charge < -0.3 is 10.3 Å². The average molecular weight is 395 g/mol. The summed E-state index contributed by atoms with van der Waals surface area (Å²) in [5.41, 5.74) is 6.76. The number of aryl methyl sites for hydroxylation is 1. The fraction of sp³-hybridized carbons (Fsp3) is 0.583. The van der Waals surface area contributed by atoms with Gasteiger partial charge in [-0.3, -0.25) is 0 Å². The van der Waals surface area contributed by atoms with Crippen LogP contribution in [0.4, 0.5) is 16.6 Å². The molecule has 2 heterocycles. The number of nitrogen functional groups attached to an aromatic ring is 1. The summed E-state index contributed by atoms with van der Waals surface area (Å²) < 4.78 is 37.4. The monoisotopic (exact) mass is 395 g/mol. The van der Waals surface area contributed by atoms with Crippen LogP contribution in [-0.4, -0.2) is 37.9 Å². The van der Waals surface area contributed by atoms with Crippen molar-refractivity contribution < 1.29 is 42.5 Å². The molecule has 0 amide bonds. The average Bonchev–Trinajstić information content (AvgIpc) is 3.04. The van der Waals surface area contributed by atoms with Crippen LogP contribution in [0.3, 0.4) is 0 Å². The molecule has 0 aliphatic carbocycles. The van der Waals surface area contributed by atoms with Gasteiger partial charge in [0, 0.05) is 29.2 Å². The van der Waals surface area contributed by atoms with Crippen molar-refractivity contribution in [3.05, 3.63) is 12.0 Å². The minimum Gasteiger partial charge on any atom is -0.748 e. The van der Waals surface area contributed by atoms with E-state index in [0.29, 0.717) is 16.5 Å². The summed E-state index contributed by atoms with van der Waals surface area (Å²) in [5.74, 6) is -0.213. The molecule has 25 heavy (non-hydrogen) atoms. The van der Waals surface area contributed by atoms with Crippen molar-refractivity contribution in [3.8, 4) is 0 Å². The van der Waals surface area contributed by atoms with Crippen molar-refractivity contribution in [1.82, 2.24) is 19.1 Å². The fourth-order valence-electron chi connectivity index (χ4n) is 1.93. The molecular weight excluding hydrogens is 377 g/mol. The maximum atomic E-state index is 10.7. The Kier molecular flexibility index (Phi) is 7.65. The maximum absolute atomic E-state index is 10.7. The Morgan fingerprint density at radius 1 is 1.36 bits per heavy atom. The van der Waals surface area contributed by atoms with Crippen LogP contribution in [0.15, 0.2) is 16.6 Å². The summed E-state index contributed by atoms with van der Waals surface area (Å²) in [4.78, 5) is 3.91. The molecular formula is C12H18N7NaO3S2. The maximum Gasteiger partial charge on any atom is 1.00 e. The molecule has 2 N–H and O–H groups in total. The quantitative estimate of drug-likeness (QED) is 0.373. The van der Waals surface area contributed by atoms with Crippen LogP contribution in [-0.2, 0) is 22.1 Å². The standard InChI is InChI=1S/C12H19N7O3S2.Na/c1-12(2,3)9-8(16-17-11-14-7-15-23-11)10(13)19(18-9)5-4-6-24(20,21)22;/h7H,4-6,13H2,1-3H3,(H,20,21,22);/q;+1/p-1. The molecule has 0 aliphatic heterocycles. The molecule has 0 fully saturated rings. The Bertz CT molecular complexity index is 826. The van der Waals surface area contributed by atoms with E-state index in [4.69, 9.17) is 5.73 Å². The number of hydrogen-bond donors (Lipinski definition) is 1. The Morgan fingerprint density at radius 2 is 2.04 bits per heavy atom. The zero-order valence-corrected chi connectivity index (χ0v) is 18.1. The summed E-state index contributed by atoms with van der Waals surface area (Å²) in [7, 11) is -4.27. The van der Waals surface area contributed by atoms with Crippen LogP contribution < -0.4 is 35.3 Å². The number of aromatic nitrogens is 4. The van der Waals surface area contributed by atoms with E-state index in [-0.39, 0.29) is 53.8 Å². The van der Waals surface area contributed by atoms with E-state index in [9.17, 15) is 13.0 Å². The molecule has 0 unspecified atom stereocenters. The van der Waals surface area contributed by atoms with Crippen molar-refractivity contribution in [2.45, 2.75) is 39.2 Å². The summed E-state index contributed by atoms with van der Waals surface area (Å²) in [6.45, 7) is 6.05. The second kappa shape index (κ2) is 8.64. The van der Waals surface area contributed by atoms with Gasteiger partial charge in [-0.05, 0) is 6.42 Å². The van der Waals surface area contributed by atoms with Crippen molar-refractivity contribution in [3.63, 3.8) is 0 Å². The van der Waals surface area contributed by atoms with Gasteiger partial charge in [-0.25, -0.2) is 18.1 Å². The number of anilines is 1. The van der Waals surface area contributed by atoms with Gasteiger partial charge in [0.1, 0.15) is 12.1 Å². The van der Waals surface area contributed by atoms with Crippen LogP contribution in [0, 0.1) is 0 Å². The van der Waals surface area contributed by atoms with Gasteiger partial charge in [-0.1, -0.05) is 20.8 Å². The van der Waals surface area contributed by atoms with E-state index in [2.05, 4.69) is 24.7 Å². The number of azo groups is 1. The van der Waals surface area contributed by atoms with Crippen LogP contribution in [0.1, 0.15) is 32.9 Å². The minimum absolute atomic E-state index is 0. The van der Waals surface area contributed by atoms with E-state index in [1.807, 2.05) is 20.8 Å². The van der Waals surface area contributed by atoms with E-state index < -0.39 is 15.9 Å². The molecule has 0 aromatic carbocycles. The number of nitrogens with zero attached hydrogens (tertiary/aromatic N) is 6. The van der Waals surface area contributed by atoms with E-state index in [1.54, 1.807) is 0 Å². The molecule has 132 valence electrons. The molecule has 2 aromatic heterocycles. The number of rotatable bonds is 6. The number of nitrogens with two attached hydrogens (primary N) is 1. The van der Waals surface area contributed by atoms with E-state index in [0.717, 1.165) is 11.5 Å². The molecule has 0 saturated carbocycles. The van der Waals surface area contributed by atoms with Crippen LogP contribution >= 0.6 is 11.5 Å². The predicted molar refractivity (Wildman–Crippen MR) is 88.6 cm³/mol. The molecule has 0 spiro atoms. The molecule has 2 aromatic rings. The van der Waals surface area contributed by atoms with Crippen molar-refractivity contribution in [2.75, 3.05) is 11.5 Å². The molecule has 0 aliphatic rings. The first-order valence-electron chi connectivity index (χ1n) is 7.06. The molecule has 0 bridgehead atoms. The molecule has 0 saturated heterocycles. The minimum atomic E-state index is -4.27. The predicted octanol–water partition coefficient (Wildman–Crippen LogP) is -1.03. The van der Waals surface area contributed by atoms with Gasteiger partial charge in [0.15, 0.2) is 5.69 Å². The Balaban J connectivity index is 0.00000312. The van der Waals surface area contributed by atoms with Gasteiger partial charge in [0.05, 0.1) is 15.8 Å². The van der Waals surface area contributed by atoms with Crippen molar-refractivity contribution >= 4 is 38.3 Å². The van der Waals surface area contributed by atoms with E-state index in [1.165, 1.54) is 11.0 Å². The topological polar surface area (TPSA) is 152 Å². The Morgan fingerprint density at radius 3 is 2.56 bits per heavy atom. The van der Waals surface area contributed by atoms with E-state index >= 15 is 0 Å². The summed E-state index contributed by atoms with van der Waals surface area (Å²) >= 11 is 1.09. The third kappa shape index (κ3) is 6.38. The molecule has 0 atom stereocenters. The van der Waals surface area contributed by atoms with Gasteiger partial charge in [0.25, 0.3) is 0 Å². The molecule has 2 rings (SSSR count). The third-order valence-corrected chi connectivity index (χ3v) is 4.36. The van der Waals surface area contributed by atoms with Crippen molar-refractivity contribution in [2.24, 2.45) is 10.2 Å². The molecule has 0 radical (unpaired) electrons. The second-order valence-electron chi connectivity index (χ2n) is 6.09. The fourth-order valence-corrected chi connectivity index (χ4v) is 2.78. The summed E-state index contributed by atoms with van der Waals surface area (Å²) in [6.07, 6.45) is 1.49. The first kappa shape index (κ1) is 22.1. The SMILES string of the molecule is CC(C)(C)c1nn(CCCS(=O)(=O)[O-])c(N)c1N=Nc1ncns1.[Na+]. The van der Waals surface area contributed by atoms with Crippen LogP contribution in [0.5, 0.6) is 0 Å². The first-order chi connectivity index (χ1) is 11.1. The van der Waals surface area contributed by atoms with Crippen LogP contribution in [0.2, 0.25) is 0 Å². The van der Waals surface area contributed by atoms with Gasteiger partial charge in [0.2, 0.25) is 5.13 Å². The number of hydrogen-bond acceptors (Lipinski definition) is 10. The molecule has 10 nitrogen and oxygen atoms in total. The Hall–Kier alpha value is -0.920. The summed E-state index contributed by atoms with van der Waals surface area (Å²) in [6, 6.07) is 0. The second-order valence-corrected chi connectivity index (χ2v) is 8.38. The molecule has 13 heteroatoms. The van der Waals surface area contributed by atoms with Gasteiger partial charge in [-0.2, -0.15) is 9.47 Å². The van der Waals surface area contributed by atoms with Crippen LogP contribution in [0.25, 0.3) is 0 Å². The zero-order valence-electron chi connectivity index (χ0n) is 14.5. The third-order valence-electron chi connectivity index (χ3n) is 3.03. The Labute approximate surface area is 172 Å². The van der Waals surface area contributed by atoms with Gasteiger partial charge >= 0.3 is 29.6 Å². The van der Waals surface area contributed by atoms with Crippen molar-refractivity contribution in [1.29, 1.82) is 0 Å². The largest absolute Gasteiger partial charge is 1.00 e. The normalized spacial score (nSPS) is 12.5. The first-order valence-corrected chi connectivity index (χ1v) is 9.42. The van der Waals surface area contributed by atoms with Gasteiger partial charge in [-0.15, -0.1) is 10.2 Å². The zero-order chi connectivity index (χ0) is 18.0.